The van der Waals surface area contributed by atoms with Gasteiger partial charge in [-0.2, -0.15) is 0 Å². The van der Waals surface area contributed by atoms with Crippen LogP contribution in [0.1, 0.15) is 46.5 Å². The number of rotatable bonds is 2. The Morgan fingerprint density at radius 3 is 2.88 bits per heavy atom. The molecule has 1 aliphatic rings. The first-order valence-corrected chi connectivity index (χ1v) is 6.08. The van der Waals surface area contributed by atoms with Crippen LogP contribution in [0.4, 0.5) is 0 Å². The van der Waals surface area contributed by atoms with Gasteiger partial charge in [0.15, 0.2) is 0 Å². The fraction of sp³-hybridized carbons (Fsp3) is 0.769. The highest BCUT2D eigenvalue weighted by Crippen LogP contribution is 2.15. The molecular weight excluding hydrogens is 202 g/mol. The van der Waals surface area contributed by atoms with Crippen molar-refractivity contribution in [3.05, 3.63) is 11.6 Å². The summed E-state index contributed by atoms with van der Waals surface area (Å²) in [6, 6.07) is 0. The third-order valence-electron chi connectivity index (χ3n) is 2.41. The minimum absolute atomic E-state index is 0.112. The Morgan fingerprint density at radius 2 is 2.19 bits per heavy atom. The summed E-state index contributed by atoms with van der Waals surface area (Å²) in [7, 11) is 0. The summed E-state index contributed by atoms with van der Waals surface area (Å²) in [5.74, 6) is -0.112. The largest absolute Gasteiger partial charge is 0.460 e. The highest BCUT2D eigenvalue weighted by molar-refractivity contribution is 5.72. The van der Waals surface area contributed by atoms with Gasteiger partial charge in [0.05, 0.1) is 6.42 Å². The standard InChI is InChI=1S/C13H23NO2/c1-13(2,3)16-12(15)10-11-6-4-5-8-14-9-7-11/h6,14H,4-5,7-10H2,1-3H3/b11-6+. The van der Waals surface area contributed by atoms with Crippen LogP contribution >= 0.6 is 0 Å². The highest BCUT2D eigenvalue weighted by atomic mass is 16.6. The molecule has 3 nitrogen and oxygen atoms in total. The van der Waals surface area contributed by atoms with E-state index in [1.807, 2.05) is 20.8 Å². The number of carbonyl (C=O) groups is 1. The molecule has 0 fully saturated rings. The van der Waals surface area contributed by atoms with Gasteiger partial charge in [0.25, 0.3) is 0 Å². The van der Waals surface area contributed by atoms with E-state index in [1.165, 1.54) is 5.57 Å². The van der Waals surface area contributed by atoms with E-state index in [0.717, 1.165) is 32.4 Å². The second-order valence-electron chi connectivity index (χ2n) is 5.27. The number of esters is 1. The van der Waals surface area contributed by atoms with Gasteiger partial charge in [-0.1, -0.05) is 11.6 Å². The third kappa shape index (κ3) is 5.91. The molecule has 0 amide bonds. The molecule has 16 heavy (non-hydrogen) atoms. The molecular formula is C13H23NO2. The summed E-state index contributed by atoms with van der Waals surface area (Å²) in [5, 5.41) is 3.35. The monoisotopic (exact) mass is 225 g/mol. The number of hydrogen-bond acceptors (Lipinski definition) is 3. The molecule has 1 rings (SSSR count). The van der Waals surface area contributed by atoms with Gasteiger partial charge >= 0.3 is 5.97 Å². The molecule has 1 N–H and O–H groups in total. The van der Waals surface area contributed by atoms with Crippen LogP contribution in [0.2, 0.25) is 0 Å². The van der Waals surface area contributed by atoms with E-state index in [4.69, 9.17) is 4.74 Å². The van der Waals surface area contributed by atoms with Crippen LogP contribution in [0.5, 0.6) is 0 Å². The van der Waals surface area contributed by atoms with Crippen LogP contribution in [-0.4, -0.2) is 24.7 Å². The summed E-state index contributed by atoms with van der Waals surface area (Å²) < 4.78 is 5.31. The van der Waals surface area contributed by atoms with E-state index in [0.29, 0.717) is 6.42 Å². The van der Waals surface area contributed by atoms with Crippen molar-refractivity contribution in [1.29, 1.82) is 0 Å². The van der Waals surface area contributed by atoms with Crippen molar-refractivity contribution in [2.75, 3.05) is 13.1 Å². The summed E-state index contributed by atoms with van der Waals surface area (Å²) in [6.45, 7) is 7.75. The minimum atomic E-state index is -0.377. The van der Waals surface area contributed by atoms with Gasteiger partial charge in [-0.05, 0) is 53.1 Å². The third-order valence-corrected chi connectivity index (χ3v) is 2.41. The molecule has 0 bridgehead atoms. The zero-order chi connectivity index (χ0) is 12.0. The highest BCUT2D eigenvalue weighted by Gasteiger charge is 2.17. The van der Waals surface area contributed by atoms with Crippen LogP contribution in [0.25, 0.3) is 0 Å². The normalized spacial score (nSPS) is 21.6. The van der Waals surface area contributed by atoms with Crippen LogP contribution in [0.3, 0.4) is 0 Å². The Kier molecular flexibility index (Phi) is 5.00. The Balaban J connectivity index is 2.42. The maximum Gasteiger partial charge on any atom is 0.310 e. The van der Waals surface area contributed by atoms with Gasteiger partial charge in [-0.3, -0.25) is 4.79 Å². The molecule has 1 heterocycles. The van der Waals surface area contributed by atoms with Gasteiger partial charge in [0, 0.05) is 0 Å². The molecule has 0 unspecified atom stereocenters. The number of carbonyl (C=O) groups excluding carboxylic acids is 1. The number of hydrogen-bond donors (Lipinski definition) is 1. The van der Waals surface area contributed by atoms with E-state index in [-0.39, 0.29) is 11.6 Å². The first kappa shape index (κ1) is 13.2. The predicted octanol–water partition coefficient (Wildman–Crippen LogP) is 2.42. The molecule has 1 aliphatic heterocycles. The predicted molar refractivity (Wildman–Crippen MR) is 65.3 cm³/mol. The topological polar surface area (TPSA) is 38.3 Å². The number of nitrogens with one attached hydrogen (secondary N) is 1. The van der Waals surface area contributed by atoms with Crippen molar-refractivity contribution in [1.82, 2.24) is 5.32 Å². The van der Waals surface area contributed by atoms with Crippen LogP contribution in [0, 0.1) is 0 Å². The van der Waals surface area contributed by atoms with Crippen LogP contribution < -0.4 is 5.32 Å². The van der Waals surface area contributed by atoms with Gasteiger partial charge in [0.2, 0.25) is 0 Å². The molecule has 0 saturated carbocycles. The Hall–Kier alpha value is -0.830. The number of allylic oxidation sites excluding steroid dienone is 1. The maximum atomic E-state index is 11.6. The lowest BCUT2D eigenvalue weighted by atomic mass is 10.0. The Labute approximate surface area is 98.2 Å². The SMILES string of the molecule is CC(C)(C)OC(=O)C/C1=C/CCCNCC1. The molecule has 0 spiro atoms. The van der Waals surface area contributed by atoms with Crippen LogP contribution in [-0.2, 0) is 9.53 Å². The second kappa shape index (κ2) is 6.04. The summed E-state index contributed by atoms with van der Waals surface area (Å²) >= 11 is 0. The fourth-order valence-electron chi connectivity index (χ4n) is 1.73. The summed E-state index contributed by atoms with van der Waals surface area (Å²) in [5.41, 5.74) is 0.832. The lowest BCUT2D eigenvalue weighted by Crippen LogP contribution is -2.25. The zero-order valence-electron chi connectivity index (χ0n) is 10.6. The average Bonchev–Trinajstić information content (AvgIpc) is 2.06. The number of ether oxygens (including phenoxy) is 1. The van der Waals surface area contributed by atoms with Gasteiger partial charge in [-0.25, -0.2) is 0 Å². The maximum absolute atomic E-state index is 11.6. The van der Waals surface area contributed by atoms with Crippen molar-refractivity contribution in [2.45, 2.75) is 52.1 Å². The van der Waals surface area contributed by atoms with E-state index >= 15 is 0 Å². The van der Waals surface area contributed by atoms with E-state index in [9.17, 15) is 4.79 Å². The minimum Gasteiger partial charge on any atom is -0.460 e. The van der Waals surface area contributed by atoms with E-state index in [1.54, 1.807) is 0 Å². The second-order valence-corrected chi connectivity index (χ2v) is 5.27. The van der Waals surface area contributed by atoms with Gasteiger partial charge in [0.1, 0.15) is 5.60 Å². The van der Waals surface area contributed by atoms with E-state index < -0.39 is 0 Å². The quantitative estimate of drug-likeness (QED) is 0.579. The van der Waals surface area contributed by atoms with Crippen molar-refractivity contribution in [3.63, 3.8) is 0 Å². The van der Waals surface area contributed by atoms with E-state index in [2.05, 4.69) is 11.4 Å². The molecule has 0 radical (unpaired) electrons. The molecule has 92 valence electrons. The first-order chi connectivity index (χ1) is 7.47. The molecule has 0 aromatic carbocycles. The van der Waals surface area contributed by atoms with Gasteiger partial charge < -0.3 is 10.1 Å². The van der Waals surface area contributed by atoms with Crippen molar-refractivity contribution in [3.8, 4) is 0 Å². The fourth-order valence-corrected chi connectivity index (χ4v) is 1.73. The summed E-state index contributed by atoms with van der Waals surface area (Å²) in [6.07, 6.45) is 5.81. The van der Waals surface area contributed by atoms with Crippen LogP contribution in [0.15, 0.2) is 11.6 Å². The smallest absolute Gasteiger partial charge is 0.310 e. The lowest BCUT2D eigenvalue weighted by molar-refractivity contribution is -0.153. The molecule has 0 aromatic rings. The Morgan fingerprint density at radius 1 is 1.44 bits per heavy atom. The molecule has 0 aromatic heterocycles. The summed E-state index contributed by atoms with van der Waals surface area (Å²) in [4.78, 5) is 11.6. The van der Waals surface area contributed by atoms with Crippen molar-refractivity contribution >= 4 is 5.97 Å². The lowest BCUT2D eigenvalue weighted by Gasteiger charge is -2.20. The molecule has 3 heteroatoms. The zero-order valence-corrected chi connectivity index (χ0v) is 10.6. The van der Waals surface area contributed by atoms with Crippen molar-refractivity contribution in [2.24, 2.45) is 0 Å². The first-order valence-electron chi connectivity index (χ1n) is 6.08. The Bertz CT molecular complexity index is 264. The average molecular weight is 225 g/mol. The molecule has 0 saturated heterocycles. The molecule has 0 aliphatic carbocycles. The van der Waals surface area contributed by atoms with Gasteiger partial charge in [-0.15, -0.1) is 0 Å². The van der Waals surface area contributed by atoms with Crippen molar-refractivity contribution < 1.29 is 9.53 Å². The molecule has 0 atom stereocenters.